The van der Waals surface area contributed by atoms with Gasteiger partial charge in [-0.25, -0.2) is 0 Å². The van der Waals surface area contributed by atoms with E-state index in [9.17, 15) is 29.5 Å². The zero-order valence-electron chi connectivity index (χ0n) is 26.9. The summed E-state index contributed by atoms with van der Waals surface area (Å²) in [6, 6.07) is 13.4. The minimum absolute atomic E-state index is 0.00879. The summed E-state index contributed by atoms with van der Waals surface area (Å²) >= 11 is 0. The van der Waals surface area contributed by atoms with Gasteiger partial charge in [0.15, 0.2) is 12.2 Å². The van der Waals surface area contributed by atoms with Gasteiger partial charge in [0.2, 0.25) is 11.9 Å². The first kappa shape index (κ1) is 33.9. The maximum Gasteiger partial charge on any atom is 0.303 e. The quantitative estimate of drug-likeness (QED) is 0.276. The van der Waals surface area contributed by atoms with E-state index in [0.717, 1.165) is 65.4 Å². The van der Waals surface area contributed by atoms with Crippen molar-refractivity contribution in [3.63, 3.8) is 0 Å². The molecule has 1 N–H and O–H groups in total. The van der Waals surface area contributed by atoms with Gasteiger partial charge in [0.25, 0.3) is 0 Å². The molecule has 0 bridgehead atoms. The molecule has 0 spiro atoms. The van der Waals surface area contributed by atoms with Crippen molar-refractivity contribution >= 4 is 23.9 Å². The Balaban J connectivity index is 1.66. The minimum Gasteiger partial charge on any atom is -0.490 e. The van der Waals surface area contributed by atoms with Crippen LogP contribution in [0.4, 0.5) is 0 Å². The number of aliphatic hydroxyl groups is 1. The Hall–Kier alpha value is -4.47. The Morgan fingerprint density at radius 3 is 2.06 bits per heavy atom. The van der Waals surface area contributed by atoms with E-state index in [2.05, 4.69) is 18.2 Å². The minimum atomic E-state index is -2.61. The first-order chi connectivity index (χ1) is 22.4. The van der Waals surface area contributed by atoms with Crippen molar-refractivity contribution in [2.24, 2.45) is 0 Å². The summed E-state index contributed by atoms with van der Waals surface area (Å²) in [7, 11) is 0. The molecule has 1 heterocycles. The van der Waals surface area contributed by atoms with E-state index in [1.165, 1.54) is 11.6 Å². The van der Waals surface area contributed by atoms with Crippen LogP contribution in [0.25, 0.3) is 0 Å². The molecule has 5 atom stereocenters. The van der Waals surface area contributed by atoms with Gasteiger partial charge in [0, 0.05) is 27.7 Å². The van der Waals surface area contributed by atoms with E-state index in [4.69, 9.17) is 28.4 Å². The second-order valence-corrected chi connectivity index (χ2v) is 12.3. The van der Waals surface area contributed by atoms with Crippen LogP contribution in [0.1, 0.15) is 93.5 Å². The summed E-state index contributed by atoms with van der Waals surface area (Å²) in [4.78, 5) is 48.9. The van der Waals surface area contributed by atoms with Gasteiger partial charge in [0.05, 0.1) is 23.3 Å². The lowest BCUT2D eigenvalue weighted by Gasteiger charge is -2.49. The lowest BCUT2D eigenvalue weighted by Crippen LogP contribution is -2.66. The first-order valence-electron chi connectivity index (χ1n) is 15.8. The van der Waals surface area contributed by atoms with Gasteiger partial charge < -0.3 is 33.5 Å². The van der Waals surface area contributed by atoms with Crippen molar-refractivity contribution in [2.75, 3.05) is 6.61 Å². The summed E-state index contributed by atoms with van der Waals surface area (Å²) in [5.41, 5.74) is 2.97. The van der Waals surface area contributed by atoms with Crippen molar-refractivity contribution in [3.05, 3.63) is 64.2 Å². The smallest absolute Gasteiger partial charge is 0.303 e. The van der Waals surface area contributed by atoms with E-state index in [1.54, 1.807) is 6.07 Å². The Morgan fingerprint density at radius 2 is 1.53 bits per heavy atom. The Bertz CT molecular complexity index is 1560. The predicted octanol–water partition coefficient (Wildman–Crippen LogP) is 3.86. The molecule has 2 aromatic rings. The number of esters is 4. The molecule has 47 heavy (non-hydrogen) atoms. The maximum atomic E-state index is 12.6. The molecule has 250 valence electrons. The molecule has 12 heteroatoms. The number of benzene rings is 2. The molecule has 0 amide bonds. The van der Waals surface area contributed by atoms with Crippen molar-refractivity contribution in [1.82, 2.24) is 0 Å². The highest BCUT2D eigenvalue weighted by Crippen LogP contribution is 2.46. The summed E-state index contributed by atoms with van der Waals surface area (Å²) in [5, 5.41) is 22.8. The molecule has 5 rings (SSSR count). The molecule has 0 aromatic heterocycles. The van der Waals surface area contributed by atoms with Crippen LogP contribution in [-0.2, 0) is 55.1 Å². The topological polar surface area (TPSA) is 168 Å². The number of hydrogen-bond acceptors (Lipinski definition) is 12. The molecular weight excluding hydrogens is 610 g/mol. The van der Waals surface area contributed by atoms with Gasteiger partial charge >= 0.3 is 23.9 Å². The molecule has 1 saturated heterocycles. The van der Waals surface area contributed by atoms with Crippen LogP contribution in [0, 0.1) is 11.3 Å². The van der Waals surface area contributed by atoms with Crippen LogP contribution in [0.15, 0.2) is 36.4 Å². The Kier molecular flexibility index (Phi) is 10.2. The average Bonchev–Trinajstić information content (AvgIpc) is 3.83. The largest absolute Gasteiger partial charge is 0.490 e. The van der Waals surface area contributed by atoms with E-state index in [1.807, 2.05) is 12.1 Å². The number of hydrogen-bond donors (Lipinski definition) is 1. The van der Waals surface area contributed by atoms with Gasteiger partial charge in [-0.15, -0.1) is 0 Å². The summed E-state index contributed by atoms with van der Waals surface area (Å²) in [6.07, 6.45) is -1.42. The second kappa shape index (κ2) is 14.1. The fourth-order valence-corrected chi connectivity index (χ4v) is 5.96. The van der Waals surface area contributed by atoms with E-state index < -0.39 is 60.7 Å². The van der Waals surface area contributed by atoms with Gasteiger partial charge in [0.1, 0.15) is 18.5 Å². The lowest BCUT2D eigenvalue weighted by molar-refractivity contribution is -0.360. The van der Waals surface area contributed by atoms with Crippen LogP contribution in [0.2, 0.25) is 0 Å². The van der Waals surface area contributed by atoms with Crippen LogP contribution >= 0.6 is 0 Å². The summed E-state index contributed by atoms with van der Waals surface area (Å²) < 4.78 is 34.3. The highest BCUT2D eigenvalue weighted by Gasteiger charge is 2.61. The normalized spacial score (nSPS) is 25.4. The SMILES string of the molecule is CC(=O)OC[C@H]1O[C@@](O)(c2cc(Cc3ccc(C4CC4)cc3)c(C#N)cc2OC2CCC2)[C@H](OC(C)=O)[C@@H](OC(C)=O)[C@@H]1OC(C)=O. The van der Waals surface area contributed by atoms with E-state index in [-0.39, 0.29) is 17.4 Å². The van der Waals surface area contributed by atoms with E-state index >= 15 is 0 Å². The van der Waals surface area contributed by atoms with Gasteiger partial charge in [-0.1, -0.05) is 24.3 Å². The number of nitrogens with zero attached hydrogens (tertiary/aromatic N) is 1. The number of ether oxygens (including phenoxy) is 6. The third-order valence-electron chi connectivity index (χ3n) is 8.53. The molecular formula is C35H39NO11. The molecule has 12 nitrogen and oxygen atoms in total. The fourth-order valence-electron chi connectivity index (χ4n) is 5.96. The fraction of sp³-hybridized carbons (Fsp3) is 0.514. The van der Waals surface area contributed by atoms with Crippen molar-refractivity contribution in [1.29, 1.82) is 5.26 Å². The second-order valence-electron chi connectivity index (χ2n) is 12.3. The summed E-state index contributed by atoms with van der Waals surface area (Å²) in [5.74, 6) is -5.11. The first-order valence-corrected chi connectivity index (χ1v) is 15.8. The van der Waals surface area contributed by atoms with Crippen molar-refractivity contribution < 1.29 is 52.7 Å². The number of rotatable bonds is 11. The number of carbonyl (C=O) groups excluding carboxylic acids is 4. The molecule has 0 unspecified atom stereocenters. The molecule has 1 aliphatic heterocycles. The third-order valence-corrected chi connectivity index (χ3v) is 8.53. The average molecular weight is 650 g/mol. The van der Waals surface area contributed by atoms with Crippen molar-refractivity contribution in [3.8, 4) is 11.8 Å². The summed E-state index contributed by atoms with van der Waals surface area (Å²) in [6.45, 7) is 3.96. The number of nitriles is 1. The maximum absolute atomic E-state index is 12.6. The molecule has 3 fully saturated rings. The highest BCUT2D eigenvalue weighted by atomic mass is 16.7. The zero-order valence-corrected chi connectivity index (χ0v) is 26.9. The lowest BCUT2D eigenvalue weighted by atomic mass is 9.84. The van der Waals surface area contributed by atoms with Gasteiger partial charge in [-0.05, 0) is 73.3 Å². The monoisotopic (exact) mass is 649 g/mol. The van der Waals surface area contributed by atoms with Crippen LogP contribution in [0.3, 0.4) is 0 Å². The van der Waals surface area contributed by atoms with E-state index in [0.29, 0.717) is 23.5 Å². The Morgan fingerprint density at radius 1 is 0.894 bits per heavy atom. The molecule has 3 aliphatic rings. The highest BCUT2D eigenvalue weighted by molar-refractivity contribution is 5.69. The molecule has 2 aromatic carbocycles. The predicted molar refractivity (Wildman–Crippen MR) is 163 cm³/mol. The van der Waals surface area contributed by atoms with Gasteiger partial charge in [-0.2, -0.15) is 5.26 Å². The molecule has 0 radical (unpaired) electrons. The van der Waals surface area contributed by atoms with Crippen molar-refractivity contribution in [2.45, 2.75) is 108 Å². The van der Waals surface area contributed by atoms with Crippen LogP contribution in [-0.4, -0.2) is 66.1 Å². The number of carbonyl (C=O) groups is 4. The van der Waals surface area contributed by atoms with Crippen LogP contribution < -0.4 is 4.74 Å². The third kappa shape index (κ3) is 7.92. The molecule has 2 aliphatic carbocycles. The van der Waals surface area contributed by atoms with Crippen LogP contribution in [0.5, 0.6) is 5.75 Å². The zero-order chi connectivity index (χ0) is 33.9. The standard InChI is InChI=1S/C35H39NO11/c1-19(37)42-18-31-32(43-20(2)38)33(44-21(3)39)34(45-22(4)40)35(41,47-31)29-15-26(14-23-8-10-24(11-9-23)25-12-13-25)27(17-36)16-30(29)46-28-6-5-7-28/h8-11,15-16,25,28,31-34,41H,5-7,12-14,18H2,1-4H3/t31-,32-,33+,34-,35+/m1/s1. The van der Waals surface area contributed by atoms with Gasteiger partial charge in [-0.3, -0.25) is 19.2 Å². The Labute approximate surface area is 272 Å². The molecule has 2 saturated carbocycles.